The Balaban J connectivity index is 1.64. The van der Waals surface area contributed by atoms with Crippen LogP contribution in [0.2, 0.25) is 0 Å². The molecule has 0 aliphatic carbocycles. The van der Waals surface area contributed by atoms with E-state index in [1.165, 1.54) is 12.1 Å². The second kappa shape index (κ2) is 8.67. The van der Waals surface area contributed by atoms with Crippen molar-refractivity contribution in [1.29, 1.82) is 0 Å². The average molecular weight is 396 g/mol. The SMILES string of the molecule is COCCN1CCN(c2ncc(-c3ccc(F)cc3)c(-c3nccn3C)n2)CC1. The second-order valence-electron chi connectivity index (χ2n) is 7.12. The number of methoxy groups -OCH3 is 1. The van der Waals surface area contributed by atoms with Gasteiger partial charge in [-0.25, -0.2) is 19.3 Å². The summed E-state index contributed by atoms with van der Waals surface area (Å²) in [4.78, 5) is 18.6. The normalized spacial score (nSPS) is 15.1. The number of benzene rings is 1. The number of nitrogens with zero attached hydrogens (tertiary/aromatic N) is 6. The van der Waals surface area contributed by atoms with Crippen LogP contribution in [0.25, 0.3) is 22.6 Å². The smallest absolute Gasteiger partial charge is 0.226 e. The molecule has 3 heterocycles. The molecule has 0 radical (unpaired) electrons. The summed E-state index contributed by atoms with van der Waals surface area (Å²) < 4.78 is 20.5. The predicted molar refractivity (Wildman–Crippen MR) is 110 cm³/mol. The van der Waals surface area contributed by atoms with Gasteiger partial charge in [0, 0.05) is 71.0 Å². The molecule has 1 fully saturated rings. The molecule has 1 saturated heterocycles. The topological polar surface area (TPSA) is 59.3 Å². The van der Waals surface area contributed by atoms with Gasteiger partial charge in [0.2, 0.25) is 5.95 Å². The van der Waals surface area contributed by atoms with Gasteiger partial charge >= 0.3 is 0 Å². The van der Waals surface area contributed by atoms with Crippen molar-refractivity contribution in [3.8, 4) is 22.6 Å². The lowest BCUT2D eigenvalue weighted by atomic mass is 10.1. The van der Waals surface area contributed by atoms with Crippen molar-refractivity contribution < 1.29 is 9.13 Å². The number of piperazine rings is 1. The van der Waals surface area contributed by atoms with Crippen LogP contribution >= 0.6 is 0 Å². The third-order valence-corrected chi connectivity index (χ3v) is 5.23. The number of aromatic nitrogens is 4. The van der Waals surface area contributed by atoms with Crippen LogP contribution in [0, 0.1) is 5.82 Å². The number of ether oxygens (including phenoxy) is 1. The Morgan fingerprint density at radius 3 is 2.48 bits per heavy atom. The molecule has 0 unspecified atom stereocenters. The molecule has 0 N–H and O–H groups in total. The van der Waals surface area contributed by atoms with Gasteiger partial charge in [-0.2, -0.15) is 0 Å². The molecule has 1 aliphatic rings. The molecule has 2 aromatic heterocycles. The summed E-state index contributed by atoms with van der Waals surface area (Å²) in [5.74, 6) is 1.18. The summed E-state index contributed by atoms with van der Waals surface area (Å²) in [6, 6.07) is 6.39. The summed E-state index contributed by atoms with van der Waals surface area (Å²) in [6.07, 6.45) is 5.46. The van der Waals surface area contributed by atoms with Gasteiger partial charge in [-0.05, 0) is 17.7 Å². The molecular weight excluding hydrogens is 371 g/mol. The Morgan fingerprint density at radius 2 is 1.83 bits per heavy atom. The predicted octanol–water partition coefficient (Wildman–Crippen LogP) is 2.45. The minimum atomic E-state index is -0.267. The standard InChI is InChI=1S/C21H25FN6O/c1-26-8-7-23-20(26)19-18(16-3-5-17(22)6-4-16)15-24-21(25-19)28-11-9-27(10-12-28)13-14-29-2/h3-8,15H,9-14H2,1-2H3. The van der Waals surface area contributed by atoms with Gasteiger partial charge in [0.05, 0.1) is 6.61 Å². The zero-order valence-electron chi connectivity index (χ0n) is 16.8. The zero-order valence-corrected chi connectivity index (χ0v) is 16.8. The zero-order chi connectivity index (χ0) is 20.2. The average Bonchev–Trinajstić information content (AvgIpc) is 3.18. The largest absolute Gasteiger partial charge is 0.383 e. The lowest BCUT2D eigenvalue weighted by Gasteiger charge is -2.34. The molecule has 0 spiro atoms. The highest BCUT2D eigenvalue weighted by Crippen LogP contribution is 2.30. The fourth-order valence-corrected chi connectivity index (χ4v) is 3.52. The van der Waals surface area contributed by atoms with Crippen molar-refractivity contribution >= 4 is 5.95 Å². The van der Waals surface area contributed by atoms with E-state index in [0.717, 1.165) is 62.0 Å². The number of hydrogen-bond donors (Lipinski definition) is 0. The minimum Gasteiger partial charge on any atom is -0.383 e. The van der Waals surface area contributed by atoms with Crippen molar-refractivity contribution in [2.24, 2.45) is 7.05 Å². The molecule has 0 bridgehead atoms. The van der Waals surface area contributed by atoms with E-state index in [4.69, 9.17) is 9.72 Å². The first-order chi connectivity index (χ1) is 14.2. The quantitative estimate of drug-likeness (QED) is 0.638. The summed E-state index contributed by atoms with van der Waals surface area (Å²) in [5, 5.41) is 0. The lowest BCUT2D eigenvalue weighted by molar-refractivity contribution is 0.143. The number of aryl methyl sites for hydroxylation is 1. The van der Waals surface area contributed by atoms with Crippen LogP contribution in [0.15, 0.2) is 42.9 Å². The highest BCUT2D eigenvalue weighted by atomic mass is 19.1. The Bertz CT molecular complexity index is 950. The highest BCUT2D eigenvalue weighted by molar-refractivity contribution is 5.78. The van der Waals surface area contributed by atoms with E-state index in [0.29, 0.717) is 5.95 Å². The van der Waals surface area contributed by atoms with E-state index in [-0.39, 0.29) is 5.82 Å². The van der Waals surface area contributed by atoms with Gasteiger partial charge in [0.1, 0.15) is 11.5 Å². The van der Waals surface area contributed by atoms with Gasteiger partial charge in [-0.3, -0.25) is 4.90 Å². The summed E-state index contributed by atoms with van der Waals surface area (Å²) in [5.41, 5.74) is 2.44. The Labute approximate surface area is 169 Å². The maximum atomic E-state index is 13.4. The van der Waals surface area contributed by atoms with Gasteiger partial charge in [0.25, 0.3) is 0 Å². The fourth-order valence-electron chi connectivity index (χ4n) is 3.52. The first kappa shape index (κ1) is 19.5. The number of imidazole rings is 1. The Hall–Kier alpha value is -2.84. The van der Waals surface area contributed by atoms with Crippen molar-refractivity contribution in [3.05, 3.63) is 48.7 Å². The van der Waals surface area contributed by atoms with Crippen LogP contribution in [0.1, 0.15) is 0 Å². The first-order valence-corrected chi connectivity index (χ1v) is 9.72. The molecule has 1 aliphatic heterocycles. The third kappa shape index (κ3) is 4.28. The number of rotatable bonds is 6. The van der Waals surface area contributed by atoms with Crippen molar-refractivity contribution in [2.45, 2.75) is 0 Å². The van der Waals surface area contributed by atoms with E-state index in [1.54, 1.807) is 25.4 Å². The third-order valence-electron chi connectivity index (χ3n) is 5.23. The van der Waals surface area contributed by atoms with Crippen molar-refractivity contribution in [1.82, 2.24) is 24.4 Å². The van der Waals surface area contributed by atoms with Gasteiger partial charge < -0.3 is 14.2 Å². The first-order valence-electron chi connectivity index (χ1n) is 9.72. The highest BCUT2D eigenvalue weighted by Gasteiger charge is 2.21. The van der Waals surface area contributed by atoms with Crippen LogP contribution in [0.3, 0.4) is 0 Å². The molecule has 0 atom stereocenters. The van der Waals surface area contributed by atoms with Gasteiger partial charge in [0.15, 0.2) is 5.82 Å². The monoisotopic (exact) mass is 396 g/mol. The maximum Gasteiger partial charge on any atom is 0.226 e. The van der Waals surface area contributed by atoms with E-state index >= 15 is 0 Å². The molecule has 29 heavy (non-hydrogen) atoms. The van der Waals surface area contributed by atoms with E-state index in [1.807, 2.05) is 24.0 Å². The van der Waals surface area contributed by atoms with Crippen LogP contribution in [0.5, 0.6) is 0 Å². The Morgan fingerprint density at radius 1 is 1.07 bits per heavy atom. The summed E-state index contributed by atoms with van der Waals surface area (Å²) >= 11 is 0. The number of hydrogen-bond acceptors (Lipinski definition) is 6. The fraction of sp³-hybridized carbons (Fsp3) is 0.381. The molecule has 152 valence electrons. The summed E-state index contributed by atoms with van der Waals surface area (Å²) in [7, 11) is 3.67. The van der Waals surface area contributed by atoms with Crippen LogP contribution < -0.4 is 4.90 Å². The van der Waals surface area contributed by atoms with Crippen molar-refractivity contribution in [2.75, 3.05) is 51.3 Å². The van der Waals surface area contributed by atoms with Crippen LogP contribution in [-0.4, -0.2) is 70.9 Å². The molecular formula is C21H25FN6O. The van der Waals surface area contributed by atoms with Gasteiger partial charge in [-0.15, -0.1) is 0 Å². The van der Waals surface area contributed by atoms with Crippen LogP contribution in [-0.2, 0) is 11.8 Å². The van der Waals surface area contributed by atoms with E-state index in [2.05, 4.69) is 19.8 Å². The maximum absolute atomic E-state index is 13.4. The number of halogens is 1. The van der Waals surface area contributed by atoms with E-state index in [9.17, 15) is 4.39 Å². The minimum absolute atomic E-state index is 0.267. The van der Waals surface area contributed by atoms with Crippen molar-refractivity contribution in [3.63, 3.8) is 0 Å². The lowest BCUT2D eigenvalue weighted by Crippen LogP contribution is -2.47. The number of anilines is 1. The second-order valence-corrected chi connectivity index (χ2v) is 7.12. The van der Waals surface area contributed by atoms with Crippen LogP contribution in [0.4, 0.5) is 10.3 Å². The van der Waals surface area contributed by atoms with Gasteiger partial charge in [-0.1, -0.05) is 12.1 Å². The molecule has 4 rings (SSSR count). The summed E-state index contributed by atoms with van der Waals surface area (Å²) in [6.45, 7) is 5.30. The molecule has 7 nitrogen and oxygen atoms in total. The molecule has 1 aromatic carbocycles. The molecule has 0 amide bonds. The Kier molecular flexibility index (Phi) is 5.82. The molecule has 0 saturated carbocycles. The molecule has 3 aromatic rings. The molecule has 8 heteroatoms. The van der Waals surface area contributed by atoms with E-state index < -0.39 is 0 Å².